The number of benzene rings is 1. The van der Waals surface area contributed by atoms with E-state index >= 15 is 0 Å². The Morgan fingerprint density at radius 1 is 1.23 bits per heavy atom. The lowest BCUT2D eigenvalue weighted by Gasteiger charge is -2.30. The Bertz CT molecular complexity index is 684. The molecule has 1 saturated carbocycles. The van der Waals surface area contributed by atoms with Crippen LogP contribution in [-0.2, 0) is 16.1 Å². The lowest BCUT2D eigenvalue weighted by Crippen LogP contribution is -2.33. The van der Waals surface area contributed by atoms with Crippen molar-refractivity contribution in [3.8, 4) is 5.75 Å². The smallest absolute Gasteiger partial charge is 0.308 e. The number of carbonyl (C=O) groups excluding carboxylic acids is 2. The minimum atomic E-state index is -0.0708. The van der Waals surface area contributed by atoms with E-state index in [0.717, 1.165) is 37.8 Å². The normalized spacial score (nSPS) is 23.0. The van der Waals surface area contributed by atoms with E-state index in [0.29, 0.717) is 24.6 Å². The molecule has 5 heteroatoms. The number of aromatic hydroxyl groups is 1. The molecular formula is C21H29NO4. The average Bonchev–Trinajstić information content (AvgIpc) is 2.88. The lowest BCUT2D eigenvalue weighted by molar-refractivity contribution is -0.152. The largest absolute Gasteiger partial charge is 0.508 e. The van der Waals surface area contributed by atoms with E-state index in [1.165, 1.54) is 0 Å². The summed E-state index contributed by atoms with van der Waals surface area (Å²) in [5.74, 6) is 0.486. The summed E-state index contributed by atoms with van der Waals surface area (Å²) in [6.07, 6.45) is 3.56. The maximum absolute atomic E-state index is 12.5. The Morgan fingerprint density at radius 3 is 2.58 bits per heavy atom. The average molecular weight is 359 g/mol. The van der Waals surface area contributed by atoms with Crippen molar-refractivity contribution in [2.75, 3.05) is 13.2 Å². The Hall–Kier alpha value is -2.04. The first kappa shape index (κ1) is 18.7. The van der Waals surface area contributed by atoms with Crippen LogP contribution in [0.1, 0.15) is 62.4 Å². The highest BCUT2D eigenvalue weighted by Crippen LogP contribution is 2.33. The summed E-state index contributed by atoms with van der Waals surface area (Å²) in [4.78, 5) is 26.6. The second-order valence-electron chi connectivity index (χ2n) is 8.91. The van der Waals surface area contributed by atoms with Gasteiger partial charge in [-0.15, -0.1) is 0 Å². The van der Waals surface area contributed by atoms with Crippen LogP contribution in [0.5, 0.6) is 5.75 Å². The van der Waals surface area contributed by atoms with Gasteiger partial charge in [0.15, 0.2) is 0 Å². The lowest BCUT2D eigenvalue weighted by atomic mass is 9.81. The third-order valence-electron chi connectivity index (χ3n) is 5.28. The van der Waals surface area contributed by atoms with E-state index in [2.05, 4.69) is 20.8 Å². The van der Waals surface area contributed by atoms with Gasteiger partial charge in [0, 0.05) is 18.7 Å². The van der Waals surface area contributed by atoms with Crippen LogP contribution in [0.25, 0.3) is 0 Å². The number of amides is 1. The van der Waals surface area contributed by atoms with Crippen molar-refractivity contribution < 1.29 is 19.4 Å². The fraction of sp³-hybridized carbons (Fsp3) is 0.619. The van der Waals surface area contributed by atoms with E-state index < -0.39 is 0 Å². The van der Waals surface area contributed by atoms with Crippen molar-refractivity contribution in [2.45, 2.75) is 53.0 Å². The molecule has 3 rings (SSSR count). The second-order valence-corrected chi connectivity index (χ2v) is 8.91. The Morgan fingerprint density at radius 2 is 1.92 bits per heavy atom. The molecule has 1 aliphatic heterocycles. The summed E-state index contributed by atoms with van der Waals surface area (Å²) in [5.41, 5.74) is 1.59. The third-order valence-corrected chi connectivity index (χ3v) is 5.28. The second kappa shape index (κ2) is 7.29. The molecule has 0 saturated heterocycles. The van der Waals surface area contributed by atoms with Crippen molar-refractivity contribution in [2.24, 2.45) is 17.3 Å². The topological polar surface area (TPSA) is 66.8 Å². The summed E-state index contributed by atoms with van der Waals surface area (Å²) in [6.45, 7) is 7.96. The van der Waals surface area contributed by atoms with Crippen molar-refractivity contribution in [3.05, 3.63) is 29.3 Å². The molecule has 1 aromatic carbocycles. The molecule has 142 valence electrons. The van der Waals surface area contributed by atoms with Crippen LogP contribution in [0, 0.1) is 17.3 Å². The molecule has 1 aliphatic carbocycles. The highest BCUT2D eigenvalue weighted by atomic mass is 16.5. The summed E-state index contributed by atoms with van der Waals surface area (Å²) in [5, 5.41) is 9.58. The van der Waals surface area contributed by atoms with Crippen LogP contribution in [0.3, 0.4) is 0 Å². The summed E-state index contributed by atoms with van der Waals surface area (Å²) in [6, 6.07) is 5.01. The van der Waals surface area contributed by atoms with Gasteiger partial charge in [-0.3, -0.25) is 9.59 Å². The van der Waals surface area contributed by atoms with Gasteiger partial charge in [0.25, 0.3) is 5.91 Å². The Kier molecular flexibility index (Phi) is 5.26. The monoisotopic (exact) mass is 359 g/mol. The molecule has 1 fully saturated rings. The molecule has 0 radical (unpaired) electrons. The van der Waals surface area contributed by atoms with Crippen LogP contribution < -0.4 is 0 Å². The number of phenolic OH excluding ortho intramolecular Hbond substituents is 1. The highest BCUT2D eigenvalue weighted by Gasteiger charge is 2.33. The molecule has 1 N–H and O–H groups in total. The van der Waals surface area contributed by atoms with Crippen molar-refractivity contribution in [3.63, 3.8) is 0 Å². The minimum absolute atomic E-state index is 0.00242. The molecule has 2 aliphatic rings. The van der Waals surface area contributed by atoms with Crippen LogP contribution >= 0.6 is 0 Å². The standard InChI is InChI=1S/C21H29NO4/c1-21(2,3)13-26-20(25)15-6-4-14(5-7-15)11-22-12-16-8-9-17(23)10-18(16)19(22)24/h8-10,14-15,23H,4-7,11-13H2,1-3H3/t14-,15-. The quantitative estimate of drug-likeness (QED) is 0.832. The van der Waals surface area contributed by atoms with E-state index in [-0.39, 0.29) is 29.0 Å². The molecule has 26 heavy (non-hydrogen) atoms. The van der Waals surface area contributed by atoms with Gasteiger partial charge in [-0.1, -0.05) is 26.8 Å². The Balaban J connectivity index is 1.48. The summed E-state index contributed by atoms with van der Waals surface area (Å²) >= 11 is 0. The maximum atomic E-state index is 12.5. The number of carbonyl (C=O) groups is 2. The zero-order chi connectivity index (χ0) is 18.9. The van der Waals surface area contributed by atoms with Crippen LogP contribution in [0.4, 0.5) is 0 Å². The van der Waals surface area contributed by atoms with E-state index in [1.807, 2.05) is 11.0 Å². The van der Waals surface area contributed by atoms with Crippen LogP contribution in [0.15, 0.2) is 18.2 Å². The van der Waals surface area contributed by atoms with Gasteiger partial charge >= 0.3 is 5.97 Å². The number of hydrogen-bond acceptors (Lipinski definition) is 4. The first-order valence-electron chi connectivity index (χ1n) is 9.51. The van der Waals surface area contributed by atoms with Gasteiger partial charge in [-0.05, 0) is 54.7 Å². The fourth-order valence-corrected chi connectivity index (χ4v) is 3.79. The number of phenols is 1. The first-order chi connectivity index (χ1) is 12.2. The summed E-state index contributed by atoms with van der Waals surface area (Å²) in [7, 11) is 0. The number of hydrogen-bond donors (Lipinski definition) is 1. The van der Waals surface area contributed by atoms with Crippen LogP contribution in [-0.4, -0.2) is 35.0 Å². The van der Waals surface area contributed by atoms with Crippen LogP contribution in [0.2, 0.25) is 0 Å². The number of ether oxygens (including phenoxy) is 1. The Labute approximate surface area is 155 Å². The molecule has 1 heterocycles. The summed E-state index contributed by atoms with van der Waals surface area (Å²) < 4.78 is 5.46. The number of rotatable bonds is 4. The number of fused-ring (bicyclic) bond motifs is 1. The minimum Gasteiger partial charge on any atom is -0.508 e. The van der Waals surface area contributed by atoms with E-state index in [9.17, 15) is 14.7 Å². The molecule has 0 bridgehead atoms. The predicted octanol–water partition coefficient (Wildman–Crippen LogP) is 3.74. The van der Waals surface area contributed by atoms with Crippen molar-refractivity contribution >= 4 is 11.9 Å². The molecule has 0 unspecified atom stereocenters. The number of esters is 1. The van der Waals surface area contributed by atoms with E-state index in [4.69, 9.17) is 4.74 Å². The zero-order valence-electron chi connectivity index (χ0n) is 16.0. The predicted molar refractivity (Wildman–Crippen MR) is 98.7 cm³/mol. The van der Waals surface area contributed by atoms with Gasteiger partial charge in [-0.25, -0.2) is 0 Å². The van der Waals surface area contributed by atoms with E-state index in [1.54, 1.807) is 12.1 Å². The molecule has 5 nitrogen and oxygen atoms in total. The van der Waals surface area contributed by atoms with Gasteiger partial charge in [0.2, 0.25) is 0 Å². The zero-order valence-corrected chi connectivity index (χ0v) is 16.0. The number of nitrogens with zero attached hydrogens (tertiary/aromatic N) is 1. The van der Waals surface area contributed by atoms with Gasteiger partial charge in [0.05, 0.1) is 12.5 Å². The molecule has 0 spiro atoms. The first-order valence-corrected chi connectivity index (χ1v) is 9.51. The SMILES string of the molecule is CC(C)(C)COC(=O)[C@H]1CC[C@H](CN2Cc3ccc(O)cc3C2=O)CC1. The molecular weight excluding hydrogens is 330 g/mol. The van der Waals surface area contributed by atoms with Crippen molar-refractivity contribution in [1.82, 2.24) is 4.90 Å². The molecule has 0 aromatic heterocycles. The van der Waals surface area contributed by atoms with Gasteiger partial charge in [-0.2, -0.15) is 0 Å². The molecule has 0 atom stereocenters. The molecule has 1 amide bonds. The molecule has 1 aromatic rings. The van der Waals surface area contributed by atoms with Gasteiger partial charge < -0.3 is 14.7 Å². The third kappa shape index (κ3) is 4.37. The maximum Gasteiger partial charge on any atom is 0.308 e. The fourth-order valence-electron chi connectivity index (χ4n) is 3.79. The van der Waals surface area contributed by atoms with Crippen molar-refractivity contribution in [1.29, 1.82) is 0 Å². The van der Waals surface area contributed by atoms with Gasteiger partial charge in [0.1, 0.15) is 5.75 Å². The highest BCUT2D eigenvalue weighted by molar-refractivity contribution is 5.98.